The van der Waals surface area contributed by atoms with Gasteiger partial charge in [-0.3, -0.25) is 9.69 Å². The Morgan fingerprint density at radius 3 is 2.72 bits per heavy atom. The molecule has 0 spiro atoms. The summed E-state index contributed by atoms with van der Waals surface area (Å²) < 4.78 is 0. The molecule has 1 atom stereocenters. The Balaban J connectivity index is 2.58. The zero-order chi connectivity index (χ0) is 13.8. The maximum atomic E-state index is 10.8. The number of rotatable bonds is 5. The lowest BCUT2D eigenvalue weighted by Gasteiger charge is -2.30. The van der Waals surface area contributed by atoms with E-state index in [1.807, 2.05) is 0 Å². The van der Waals surface area contributed by atoms with Crippen LogP contribution in [0.15, 0.2) is 0 Å². The van der Waals surface area contributed by atoms with Gasteiger partial charge in [0.2, 0.25) is 0 Å². The topological polar surface area (TPSA) is 55.8 Å². The largest absolute Gasteiger partial charge is 0.481 e. The number of carboxylic acid groups (broad SMARTS) is 1. The molecule has 106 valence electrons. The minimum absolute atomic E-state index is 0.0615. The van der Waals surface area contributed by atoms with Crippen LogP contribution in [0.3, 0.4) is 0 Å². The summed E-state index contributed by atoms with van der Waals surface area (Å²) in [7, 11) is 4.13. The molecule has 5 heteroatoms. The van der Waals surface area contributed by atoms with Gasteiger partial charge in [0.05, 0.1) is 6.42 Å². The molecule has 0 bridgehead atoms. The molecular weight excluding hydrogens is 230 g/mol. The van der Waals surface area contributed by atoms with Gasteiger partial charge < -0.3 is 15.3 Å². The van der Waals surface area contributed by atoms with Crippen molar-refractivity contribution < 1.29 is 9.90 Å². The highest BCUT2D eigenvalue weighted by Gasteiger charge is 2.29. The van der Waals surface area contributed by atoms with Crippen LogP contribution in [-0.4, -0.2) is 73.7 Å². The van der Waals surface area contributed by atoms with Crippen LogP contribution in [-0.2, 0) is 4.79 Å². The molecule has 0 radical (unpaired) electrons. The van der Waals surface area contributed by atoms with Crippen LogP contribution in [0.25, 0.3) is 0 Å². The van der Waals surface area contributed by atoms with Gasteiger partial charge in [-0.2, -0.15) is 0 Å². The number of hydrogen-bond donors (Lipinski definition) is 2. The molecule has 5 nitrogen and oxygen atoms in total. The molecule has 0 aliphatic carbocycles. The van der Waals surface area contributed by atoms with Crippen molar-refractivity contribution in [2.24, 2.45) is 5.41 Å². The van der Waals surface area contributed by atoms with E-state index in [0.29, 0.717) is 0 Å². The van der Waals surface area contributed by atoms with Gasteiger partial charge in [-0.25, -0.2) is 0 Å². The zero-order valence-electron chi connectivity index (χ0n) is 12.1. The third kappa shape index (κ3) is 5.80. The highest BCUT2D eigenvalue weighted by atomic mass is 16.4. The summed E-state index contributed by atoms with van der Waals surface area (Å²) in [5.74, 6) is -0.722. The first kappa shape index (κ1) is 15.4. The van der Waals surface area contributed by atoms with Crippen LogP contribution in [0.2, 0.25) is 0 Å². The van der Waals surface area contributed by atoms with Crippen LogP contribution in [0.4, 0.5) is 0 Å². The Morgan fingerprint density at radius 2 is 2.17 bits per heavy atom. The van der Waals surface area contributed by atoms with E-state index in [-0.39, 0.29) is 17.9 Å². The molecule has 1 fully saturated rings. The quantitative estimate of drug-likeness (QED) is 0.743. The van der Waals surface area contributed by atoms with Gasteiger partial charge in [-0.05, 0) is 19.5 Å². The third-order valence-electron chi connectivity index (χ3n) is 3.28. The number of likely N-dealkylation sites (N-methyl/N-ethyl adjacent to an activating group) is 1. The maximum absolute atomic E-state index is 10.8. The molecule has 0 aromatic carbocycles. The van der Waals surface area contributed by atoms with Gasteiger partial charge in [0.25, 0.3) is 0 Å². The van der Waals surface area contributed by atoms with Crippen molar-refractivity contribution in [3.8, 4) is 0 Å². The molecule has 1 heterocycles. The smallest absolute Gasteiger partial charge is 0.304 e. The summed E-state index contributed by atoms with van der Waals surface area (Å²) >= 11 is 0. The molecule has 0 saturated carbocycles. The van der Waals surface area contributed by atoms with Gasteiger partial charge in [-0.15, -0.1) is 0 Å². The number of hydrogen-bond acceptors (Lipinski definition) is 4. The molecule has 2 N–H and O–H groups in total. The fourth-order valence-electron chi connectivity index (χ4n) is 2.38. The van der Waals surface area contributed by atoms with Gasteiger partial charge in [0.15, 0.2) is 0 Å². The van der Waals surface area contributed by atoms with E-state index >= 15 is 0 Å². The van der Waals surface area contributed by atoms with Crippen LogP contribution >= 0.6 is 0 Å². The van der Waals surface area contributed by atoms with Gasteiger partial charge >= 0.3 is 5.97 Å². The predicted octanol–water partition coefficient (Wildman–Crippen LogP) is 0.323. The van der Waals surface area contributed by atoms with E-state index in [2.05, 4.69) is 43.1 Å². The molecule has 1 unspecified atom stereocenters. The van der Waals surface area contributed by atoms with Crippen molar-refractivity contribution in [2.45, 2.75) is 26.3 Å². The number of nitrogens with zero attached hydrogens (tertiary/aromatic N) is 2. The molecule has 1 rings (SSSR count). The molecule has 1 aliphatic heterocycles. The maximum Gasteiger partial charge on any atom is 0.304 e. The van der Waals surface area contributed by atoms with E-state index < -0.39 is 5.97 Å². The fraction of sp³-hybridized carbons (Fsp3) is 0.923. The summed E-state index contributed by atoms with van der Waals surface area (Å²) in [6.45, 7) is 9.18. The second-order valence-corrected chi connectivity index (χ2v) is 6.38. The van der Waals surface area contributed by atoms with E-state index in [1.165, 1.54) is 0 Å². The van der Waals surface area contributed by atoms with E-state index in [4.69, 9.17) is 5.11 Å². The van der Waals surface area contributed by atoms with E-state index in [1.54, 1.807) is 0 Å². The lowest BCUT2D eigenvalue weighted by Crippen LogP contribution is -2.41. The molecule has 1 saturated heterocycles. The number of nitrogens with one attached hydrogen (secondary N) is 1. The molecule has 0 aromatic rings. The number of carbonyl (C=O) groups is 1. The van der Waals surface area contributed by atoms with Gasteiger partial charge in [0, 0.05) is 38.8 Å². The lowest BCUT2D eigenvalue weighted by molar-refractivity contribution is -0.137. The number of aliphatic carboxylic acids is 1. The Morgan fingerprint density at radius 1 is 1.50 bits per heavy atom. The van der Waals surface area contributed by atoms with Crippen LogP contribution < -0.4 is 5.32 Å². The van der Waals surface area contributed by atoms with Crippen molar-refractivity contribution in [3.63, 3.8) is 0 Å². The first-order valence-corrected chi connectivity index (χ1v) is 6.61. The Kier molecular flexibility index (Phi) is 5.56. The average molecular weight is 257 g/mol. The van der Waals surface area contributed by atoms with Gasteiger partial charge in [-0.1, -0.05) is 13.8 Å². The fourth-order valence-corrected chi connectivity index (χ4v) is 2.38. The van der Waals surface area contributed by atoms with Crippen molar-refractivity contribution in [1.29, 1.82) is 0 Å². The minimum atomic E-state index is -0.722. The summed E-state index contributed by atoms with van der Waals surface area (Å²) in [5, 5.41) is 12.3. The second kappa shape index (κ2) is 6.50. The summed E-state index contributed by atoms with van der Waals surface area (Å²) in [5.41, 5.74) is 0.194. The normalized spacial score (nSPS) is 25.1. The minimum Gasteiger partial charge on any atom is -0.481 e. The summed E-state index contributed by atoms with van der Waals surface area (Å²) in [6.07, 6.45) is 0.203. The van der Waals surface area contributed by atoms with Crippen LogP contribution in [0.5, 0.6) is 0 Å². The molecule has 1 aliphatic rings. The second-order valence-electron chi connectivity index (χ2n) is 6.38. The Hall–Kier alpha value is -0.650. The van der Waals surface area contributed by atoms with E-state index in [0.717, 1.165) is 32.7 Å². The Bertz CT molecular complexity index is 279. The molecule has 0 amide bonds. The summed E-state index contributed by atoms with van der Waals surface area (Å²) in [4.78, 5) is 15.4. The SMILES string of the molecule is CN(C)CCN1CC(CC(=O)O)NCC(C)(C)C1. The zero-order valence-corrected chi connectivity index (χ0v) is 12.1. The monoisotopic (exact) mass is 257 g/mol. The summed E-state index contributed by atoms with van der Waals surface area (Å²) in [6, 6.07) is 0.0615. The Labute approximate surface area is 110 Å². The van der Waals surface area contributed by atoms with E-state index in [9.17, 15) is 4.79 Å². The molecule has 0 aromatic heterocycles. The lowest BCUT2D eigenvalue weighted by atomic mass is 9.93. The number of carboxylic acids is 1. The first-order chi connectivity index (χ1) is 8.28. The highest BCUT2D eigenvalue weighted by molar-refractivity contribution is 5.67. The predicted molar refractivity (Wildman–Crippen MR) is 72.8 cm³/mol. The third-order valence-corrected chi connectivity index (χ3v) is 3.28. The van der Waals surface area contributed by atoms with Gasteiger partial charge in [0.1, 0.15) is 0 Å². The average Bonchev–Trinajstić information content (AvgIpc) is 2.34. The highest BCUT2D eigenvalue weighted by Crippen LogP contribution is 2.19. The van der Waals surface area contributed by atoms with Crippen LogP contribution in [0, 0.1) is 5.41 Å². The standard InChI is InChI=1S/C13H27N3O2/c1-13(2)9-14-11(7-12(17)18)8-16(10-13)6-5-15(3)4/h11,14H,5-10H2,1-4H3,(H,17,18). The molecular formula is C13H27N3O2. The van der Waals surface area contributed by atoms with Crippen molar-refractivity contribution in [1.82, 2.24) is 15.1 Å². The van der Waals surface area contributed by atoms with Crippen molar-refractivity contribution >= 4 is 5.97 Å². The molecule has 18 heavy (non-hydrogen) atoms. The van der Waals surface area contributed by atoms with Crippen molar-refractivity contribution in [3.05, 3.63) is 0 Å². The van der Waals surface area contributed by atoms with Crippen LogP contribution in [0.1, 0.15) is 20.3 Å². The van der Waals surface area contributed by atoms with Crippen molar-refractivity contribution in [2.75, 3.05) is 46.8 Å². The first-order valence-electron chi connectivity index (χ1n) is 6.61.